The quantitative estimate of drug-likeness (QED) is 0.128. The lowest BCUT2D eigenvalue weighted by Crippen LogP contribution is -2.75. The Morgan fingerprint density at radius 3 is 1.34 bits per heavy atom. The minimum absolute atomic E-state index is 0.165. The van der Waals surface area contributed by atoms with Gasteiger partial charge in [0.1, 0.15) is 23.0 Å². The number of anilines is 3. The molecular weight excluding hydrogens is 771 g/mol. The van der Waals surface area contributed by atoms with E-state index in [-0.39, 0.29) is 5.41 Å². The van der Waals surface area contributed by atoms with E-state index in [0.717, 1.165) is 50.9 Å². The van der Waals surface area contributed by atoms with Crippen LogP contribution in [0, 0.1) is 0 Å². The van der Waals surface area contributed by atoms with Crippen molar-refractivity contribution in [1.82, 2.24) is 0 Å². The number of ether oxygens (including phenoxy) is 2. The first kappa shape index (κ1) is 36.4. The number of para-hydroxylation sites is 6. The fourth-order valence-corrected chi connectivity index (χ4v) is 16.0. The molecule has 0 fully saturated rings. The summed E-state index contributed by atoms with van der Waals surface area (Å²) in [6.07, 6.45) is 0. The fourth-order valence-electron chi connectivity index (χ4n) is 11.1. The van der Waals surface area contributed by atoms with Crippen molar-refractivity contribution in [3.05, 3.63) is 258 Å². The Kier molecular flexibility index (Phi) is 8.12. The van der Waals surface area contributed by atoms with Gasteiger partial charge in [0, 0.05) is 33.4 Å². The van der Waals surface area contributed by atoms with Crippen molar-refractivity contribution >= 4 is 45.9 Å². The van der Waals surface area contributed by atoms with Crippen LogP contribution in [0.3, 0.4) is 0 Å². The van der Waals surface area contributed by atoms with E-state index in [1.807, 2.05) is 0 Å². The van der Waals surface area contributed by atoms with Crippen molar-refractivity contribution in [2.24, 2.45) is 0 Å². The van der Waals surface area contributed by atoms with Gasteiger partial charge in [-0.3, -0.25) is 0 Å². The third kappa shape index (κ3) is 4.99. The van der Waals surface area contributed by atoms with Gasteiger partial charge in [0.15, 0.2) is 8.07 Å². The van der Waals surface area contributed by atoms with Crippen LogP contribution in [-0.4, -0.2) is 8.07 Å². The zero-order valence-corrected chi connectivity index (χ0v) is 35.6. The Bertz CT molecular complexity index is 3040. The molecule has 0 unspecified atom stereocenters. The van der Waals surface area contributed by atoms with Crippen molar-refractivity contribution in [2.75, 3.05) is 4.90 Å². The van der Waals surface area contributed by atoms with Gasteiger partial charge in [-0.25, -0.2) is 0 Å². The van der Waals surface area contributed by atoms with E-state index < -0.39 is 13.5 Å². The third-order valence-electron chi connectivity index (χ3n) is 13.7. The lowest BCUT2D eigenvalue weighted by molar-refractivity contribution is 0.401. The van der Waals surface area contributed by atoms with E-state index in [1.165, 1.54) is 43.2 Å². The Hall–Kier alpha value is -7.40. The summed E-state index contributed by atoms with van der Waals surface area (Å²) in [6, 6.07) is 82.2. The van der Waals surface area contributed by atoms with Gasteiger partial charge in [-0.05, 0) is 74.3 Å². The van der Waals surface area contributed by atoms with Crippen LogP contribution in [0.1, 0.15) is 47.2 Å². The molecule has 3 heterocycles. The summed E-state index contributed by atoms with van der Waals surface area (Å²) in [4.78, 5) is 2.48. The Balaban J connectivity index is 1.19. The maximum absolute atomic E-state index is 7.48. The summed E-state index contributed by atoms with van der Waals surface area (Å²) in [5.74, 6) is 3.46. The summed E-state index contributed by atoms with van der Waals surface area (Å²) in [5, 5.41) is 5.02. The molecule has 296 valence electrons. The molecule has 0 saturated carbocycles. The molecule has 62 heavy (non-hydrogen) atoms. The minimum Gasteiger partial charge on any atom is -0.457 e. The molecule has 12 rings (SSSR count). The minimum atomic E-state index is -3.25. The van der Waals surface area contributed by atoms with Crippen LogP contribution in [0.15, 0.2) is 224 Å². The van der Waals surface area contributed by atoms with Gasteiger partial charge in [-0.15, -0.1) is 0 Å². The van der Waals surface area contributed by atoms with Gasteiger partial charge in [-0.1, -0.05) is 196 Å². The SMILES string of the molecule is CC1(C)c2ccccc2N(c2cccc([Si](c3ccccc3)(c3ccccc3)c3cccc4c3Oc3ccccc3C43c4ccccc4Oc4ccccc43)c2)c2ccccc21. The second kappa shape index (κ2) is 13.8. The van der Waals surface area contributed by atoms with Crippen LogP contribution >= 0.6 is 0 Å². The predicted molar refractivity (Wildman–Crippen MR) is 255 cm³/mol. The molecule has 1 spiro atoms. The molecule has 3 aliphatic heterocycles. The summed E-state index contributed by atoms with van der Waals surface area (Å²) in [7, 11) is -3.25. The average Bonchev–Trinajstić information content (AvgIpc) is 3.33. The smallest absolute Gasteiger partial charge is 0.184 e. The summed E-state index contributed by atoms with van der Waals surface area (Å²) in [5.41, 5.74) is 9.70. The molecule has 0 aromatic heterocycles. The molecule has 0 amide bonds. The number of fused-ring (bicyclic) bond motifs is 10. The van der Waals surface area contributed by atoms with Crippen molar-refractivity contribution in [3.8, 4) is 23.0 Å². The maximum Gasteiger partial charge on any atom is 0.184 e. The molecule has 0 N–H and O–H groups in total. The number of hydrogen-bond donors (Lipinski definition) is 0. The lowest BCUT2D eigenvalue weighted by atomic mass is 9.62. The number of rotatable bonds is 5. The summed E-state index contributed by atoms with van der Waals surface area (Å²) >= 11 is 0. The first-order valence-corrected chi connectivity index (χ1v) is 23.5. The number of nitrogens with zero attached hydrogens (tertiary/aromatic N) is 1. The van der Waals surface area contributed by atoms with Crippen molar-refractivity contribution in [2.45, 2.75) is 24.7 Å². The average molecular weight is 814 g/mol. The Morgan fingerprint density at radius 2 is 0.790 bits per heavy atom. The lowest BCUT2D eigenvalue weighted by Gasteiger charge is -2.46. The van der Waals surface area contributed by atoms with Crippen LogP contribution in [0.5, 0.6) is 23.0 Å². The van der Waals surface area contributed by atoms with Gasteiger partial charge in [0.25, 0.3) is 0 Å². The van der Waals surface area contributed by atoms with Gasteiger partial charge >= 0.3 is 0 Å². The molecule has 3 aliphatic rings. The molecule has 0 bridgehead atoms. The van der Waals surface area contributed by atoms with E-state index in [9.17, 15) is 0 Å². The highest BCUT2D eigenvalue weighted by atomic mass is 28.3. The molecule has 3 nitrogen and oxygen atoms in total. The van der Waals surface area contributed by atoms with Crippen LogP contribution in [0.4, 0.5) is 17.1 Å². The zero-order chi connectivity index (χ0) is 41.5. The Labute approximate surface area is 364 Å². The molecule has 9 aromatic rings. The van der Waals surface area contributed by atoms with Crippen LogP contribution in [0.25, 0.3) is 0 Å². The van der Waals surface area contributed by atoms with Crippen LogP contribution in [-0.2, 0) is 10.8 Å². The molecule has 9 aromatic carbocycles. The number of hydrogen-bond acceptors (Lipinski definition) is 3. The molecule has 0 saturated heterocycles. The van der Waals surface area contributed by atoms with Crippen molar-refractivity contribution < 1.29 is 9.47 Å². The molecule has 0 atom stereocenters. The maximum atomic E-state index is 7.48. The first-order valence-electron chi connectivity index (χ1n) is 21.5. The van der Waals surface area contributed by atoms with Crippen LogP contribution < -0.4 is 35.1 Å². The van der Waals surface area contributed by atoms with E-state index in [4.69, 9.17) is 9.47 Å². The number of benzene rings is 9. The third-order valence-corrected chi connectivity index (χ3v) is 18.5. The second-order valence-electron chi connectivity index (χ2n) is 17.2. The van der Waals surface area contributed by atoms with Gasteiger partial charge in [-0.2, -0.15) is 0 Å². The van der Waals surface area contributed by atoms with E-state index in [0.29, 0.717) is 0 Å². The van der Waals surface area contributed by atoms with Gasteiger partial charge in [0.2, 0.25) is 0 Å². The van der Waals surface area contributed by atoms with Gasteiger partial charge < -0.3 is 14.4 Å². The summed E-state index contributed by atoms with van der Waals surface area (Å²) in [6.45, 7) is 4.69. The monoisotopic (exact) mass is 813 g/mol. The first-order chi connectivity index (χ1) is 30.5. The highest BCUT2D eigenvalue weighted by molar-refractivity contribution is 7.20. The second-order valence-corrected chi connectivity index (χ2v) is 20.9. The predicted octanol–water partition coefficient (Wildman–Crippen LogP) is 11.8. The van der Waals surface area contributed by atoms with E-state index >= 15 is 0 Å². The topological polar surface area (TPSA) is 21.7 Å². The molecule has 0 aliphatic carbocycles. The highest BCUT2D eigenvalue weighted by Crippen LogP contribution is 2.61. The molecule has 4 heteroatoms. The van der Waals surface area contributed by atoms with Crippen molar-refractivity contribution in [1.29, 1.82) is 0 Å². The molecular formula is C58H43NO2Si. The van der Waals surface area contributed by atoms with E-state index in [1.54, 1.807) is 0 Å². The Morgan fingerprint density at radius 1 is 0.371 bits per heavy atom. The normalized spacial score (nSPS) is 14.8. The van der Waals surface area contributed by atoms with Gasteiger partial charge in [0.05, 0.1) is 16.8 Å². The fraction of sp³-hybridized carbons (Fsp3) is 0.0690. The largest absolute Gasteiger partial charge is 0.457 e. The zero-order valence-electron chi connectivity index (χ0n) is 34.6. The van der Waals surface area contributed by atoms with Crippen molar-refractivity contribution in [3.63, 3.8) is 0 Å². The van der Waals surface area contributed by atoms with Crippen LogP contribution in [0.2, 0.25) is 0 Å². The summed E-state index contributed by atoms with van der Waals surface area (Å²) < 4.78 is 14.2. The van der Waals surface area contributed by atoms with E-state index in [2.05, 4.69) is 243 Å². The highest BCUT2D eigenvalue weighted by Gasteiger charge is 2.53. The standard InChI is InChI=1S/C58H43NO2Si/c1-57(2)44-27-9-14-33-50(44)59(51-34-15-10-28-45(51)57)40-21-19-26-43(39-40)62(41-22-5-3-6-23-41,42-24-7-4-8-25-42)55-38-20-32-49-56(55)61-54-37-18-13-31-48(54)58(49)46-29-11-16-35-52(46)60-53-36-17-12-30-47(53)58/h3-39H,1-2H3. The molecule has 0 radical (unpaired) electrons.